The van der Waals surface area contributed by atoms with Crippen LogP contribution in [0.25, 0.3) is 0 Å². The van der Waals surface area contributed by atoms with Crippen LogP contribution in [0, 0.1) is 5.82 Å². The lowest BCUT2D eigenvalue weighted by Crippen LogP contribution is -2.37. The summed E-state index contributed by atoms with van der Waals surface area (Å²) in [4.78, 5) is 15.8. The van der Waals surface area contributed by atoms with Gasteiger partial charge in [-0.25, -0.2) is 4.39 Å². The topological polar surface area (TPSA) is 49.6 Å². The van der Waals surface area contributed by atoms with E-state index in [1.54, 1.807) is 18.0 Å². The molecule has 0 atom stereocenters. The van der Waals surface area contributed by atoms with Crippen molar-refractivity contribution in [2.45, 2.75) is 13.0 Å². The number of rotatable bonds is 7. The Morgan fingerprint density at radius 1 is 1.40 bits per heavy atom. The van der Waals surface area contributed by atoms with E-state index in [1.807, 2.05) is 18.0 Å². The van der Waals surface area contributed by atoms with Crippen LogP contribution in [-0.2, 0) is 11.3 Å². The van der Waals surface area contributed by atoms with Crippen molar-refractivity contribution in [3.8, 4) is 0 Å². The third-order valence-corrected chi connectivity index (χ3v) is 3.07. The van der Waals surface area contributed by atoms with Gasteiger partial charge in [0.05, 0.1) is 11.5 Å². The van der Waals surface area contributed by atoms with Crippen LogP contribution in [-0.4, -0.2) is 47.9 Å². The van der Waals surface area contributed by atoms with Crippen molar-refractivity contribution in [1.82, 2.24) is 9.80 Å². The summed E-state index contributed by atoms with van der Waals surface area (Å²) in [5, 5.41) is 0. The Morgan fingerprint density at radius 3 is 2.70 bits per heavy atom. The van der Waals surface area contributed by atoms with Gasteiger partial charge in [0.15, 0.2) is 0 Å². The number of amides is 1. The number of carbonyl (C=O) groups is 1. The van der Waals surface area contributed by atoms with Gasteiger partial charge < -0.3 is 10.6 Å². The molecule has 1 rings (SSSR count). The van der Waals surface area contributed by atoms with E-state index in [0.717, 1.165) is 5.56 Å². The van der Waals surface area contributed by atoms with Crippen molar-refractivity contribution in [3.63, 3.8) is 0 Å². The van der Waals surface area contributed by atoms with Gasteiger partial charge in [0, 0.05) is 26.6 Å². The van der Waals surface area contributed by atoms with Crippen LogP contribution in [0.1, 0.15) is 12.0 Å². The molecule has 0 aliphatic carbocycles. The van der Waals surface area contributed by atoms with Crippen molar-refractivity contribution < 1.29 is 9.18 Å². The number of nitrogens with zero attached hydrogens (tertiary/aromatic N) is 2. The molecule has 0 aliphatic heterocycles. The molecule has 1 aromatic rings. The van der Waals surface area contributed by atoms with Crippen molar-refractivity contribution in [3.05, 3.63) is 35.6 Å². The van der Waals surface area contributed by atoms with Gasteiger partial charge in [-0.1, -0.05) is 24.4 Å². The van der Waals surface area contributed by atoms with E-state index in [2.05, 4.69) is 0 Å². The number of thiocarbonyl (C=S) groups is 1. The molecule has 0 spiro atoms. The molecule has 0 radical (unpaired) electrons. The molecule has 0 aromatic heterocycles. The maximum Gasteiger partial charge on any atom is 0.236 e. The lowest BCUT2D eigenvalue weighted by Gasteiger charge is -2.21. The Kier molecular flexibility index (Phi) is 6.54. The zero-order valence-corrected chi connectivity index (χ0v) is 12.6. The number of hydrogen-bond acceptors (Lipinski definition) is 3. The molecule has 0 saturated carbocycles. The lowest BCUT2D eigenvalue weighted by atomic mass is 10.2. The lowest BCUT2D eigenvalue weighted by molar-refractivity contribution is -0.130. The molecule has 0 bridgehead atoms. The Morgan fingerprint density at radius 2 is 2.10 bits per heavy atom. The summed E-state index contributed by atoms with van der Waals surface area (Å²) in [5.41, 5.74) is 6.24. The monoisotopic (exact) mass is 297 g/mol. The standard InChI is InChI=1S/C14H20FN3OS/c1-17(9-11-4-3-5-12(15)8-11)10-14(19)18(2)7-6-13(16)20/h3-5,8H,6-7,9-10H2,1-2H3,(H2,16,20). The number of carbonyl (C=O) groups excluding carboxylic acids is 1. The first kappa shape index (κ1) is 16.5. The summed E-state index contributed by atoms with van der Waals surface area (Å²) in [6.45, 7) is 1.30. The molecule has 4 nitrogen and oxygen atoms in total. The molecule has 0 aliphatic rings. The minimum atomic E-state index is -0.268. The number of benzene rings is 1. The molecule has 1 aromatic carbocycles. The van der Waals surface area contributed by atoms with Crippen LogP contribution in [0.4, 0.5) is 4.39 Å². The van der Waals surface area contributed by atoms with E-state index in [1.165, 1.54) is 12.1 Å². The molecule has 0 saturated heterocycles. The third-order valence-electron chi connectivity index (χ3n) is 2.87. The molecule has 0 heterocycles. The van der Waals surface area contributed by atoms with Crippen molar-refractivity contribution in [2.24, 2.45) is 5.73 Å². The van der Waals surface area contributed by atoms with Gasteiger partial charge in [0.2, 0.25) is 5.91 Å². The summed E-state index contributed by atoms with van der Waals surface area (Å²) in [6.07, 6.45) is 0.519. The predicted molar refractivity (Wildman–Crippen MR) is 81.8 cm³/mol. The maximum absolute atomic E-state index is 13.1. The first-order chi connectivity index (χ1) is 9.38. The second-order valence-corrected chi connectivity index (χ2v) is 5.36. The Hall–Kier alpha value is -1.53. The van der Waals surface area contributed by atoms with E-state index in [9.17, 15) is 9.18 Å². The van der Waals surface area contributed by atoms with Gasteiger partial charge >= 0.3 is 0 Å². The second kappa shape index (κ2) is 7.91. The van der Waals surface area contributed by atoms with Gasteiger partial charge in [0.1, 0.15) is 5.82 Å². The van der Waals surface area contributed by atoms with Crippen LogP contribution in [0.3, 0.4) is 0 Å². The van der Waals surface area contributed by atoms with Crippen molar-refractivity contribution in [1.29, 1.82) is 0 Å². The smallest absolute Gasteiger partial charge is 0.236 e. The van der Waals surface area contributed by atoms with Gasteiger partial charge in [-0.2, -0.15) is 0 Å². The summed E-state index contributed by atoms with van der Waals surface area (Å²) in [6, 6.07) is 6.37. The number of halogens is 1. The number of hydrogen-bond donors (Lipinski definition) is 1. The van der Waals surface area contributed by atoms with Crippen LogP contribution in [0.5, 0.6) is 0 Å². The first-order valence-corrected chi connectivity index (χ1v) is 6.74. The van der Waals surface area contributed by atoms with Crippen LogP contribution in [0.15, 0.2) is 24.3 Å². The SMILES string of the molecule is CN(CC(=O)N(C)CCC(N)=S)Cc1cccc(F)c1. The van der Waals surface area contributed by atoms with Gasteiger partial charge in [-0.15, -0.1) is 0 Å². The predicted octanol–water partition coefficient (Wildman–Crippen LogP) is 1.39. The third kappa shape index (κ3) is 6.08. The molecular weight excluding hydrogens is 277 g/mol. The van der Waals surface area contributed by atoms with E-state index in [-0.39, 0.29) is 18.3 Å². The largest absolute Gasteiger partial charge is 0.393 e. The molecule has 20 heavy (non-hydrogen) atoms. The zero-order valence-electron chi connectivity index (χ0n) is 11.8. The highest BCUT2D eigenvalue weighted by atomic mass is 32.1. The number of likely N-dealkylation sites (N-methyl/N-ethyl adjacent to an activating group) is 2. The minimum Gasteiger partial charge on any atom is -0.393 e. The summed E-state index contributed by atoms with van der Waals surface area (Å²) in [5.74, 6) is -0.282. The summed E-state index contributed by atoms with van der Waals surface area (Å²) < 4.78 is 13.1. The number of nitrogens with two attached hydrogens (primary N) is 1. The molecule has 6 heteroatoms. The van der Waals surface area contributed by atoms with Gasteiger partial charge in [-0.3, -0.25) is 9.69 Å². The van der Waals surface area contributed by atoms with E-state index < -0.39 is 0 Å². The average Bonchev–Trinajstić information content (AvgIpc) is 2.35. The fourth-order valence-electron chi connectivity index (χ4n) is 1.76. The van der Waals surface area contributed by atoms with Gasteiger partial charge in [0.25, 0.3) is 0 Å². The fourth-order valence-corrected chi connectivity index (χ4v) is 1.85. The molecule has 0 fully saturated rings. The van der Waals surface area contributed by atoms with Crippen LogP contribution in [0.2, 0.25) is 0 Å². The quantitative estimate of drug-likeness (QED) is 0.773. The van der Waals surface area contributed by atoms with E-state index in [4.69, 9.17) is 18.0 Å². The summed E-state index contributed by atoms with van der Waals surface area (Å²) in [7, 11) is 3.54. The fraction of sp³-hybridized carbons (Fsp3) is 0.429. The van der Waals surface area contributed by atoms with Crippen molar-refractivity contribution in [2.75, 3.05) is 27.2 Å². The normalized spacial score (nSPS) is 10.6. The maximum atomic E-state index is 13.1. The Labute approximate surface area is 124 Å². The Bertz CT molecular complexity index is 481. The molecule has 2 N–H and O–H groups in total. The van der Waals surface area contributed by atoms with Gasteiger partial charge in [-0.05, 0) is 24.7 Å². The Balaban J connectivity index is 2.43. The highest BCUT2D eigenvalue weighted by molar-refractivity contribution is 7.80. The van der Waals surface area contributed by atoms with Crippen molar-refractivity contribution >= 4 is 23.1 Å². The highest BCUT2D eigenvalue weighted by Gasteiger charge is 2.12. The van der Waals surface area contributed by atoms with E-state index >= 15 is 0 Å². The summed E-state index contributed by atoms with van der Waals surface area (Å²) >= 11 is 4.78. The molecule has 1 amide bonds. The second-order valence-electron chi connectivity index (χ2n) is 4.83. The minimum absolute atomic E-state index is 0.0137. The molecular formula is C14H20FN3OS. The first-order valence-electron chi connectivity index (χ1n) is 6.33. The van der Waals surface area contributed by atoms with E-state index in [0.29, 0.717) is 24.5 Å². The highest BCUT2D eigenvalue weighted by Crippen LogP contribution is 2.06. The van der Waals surface area contributed by atoms with Crippen LogP contribution >= 0.6 is 12.2 Å². The molecule has 0 unspecified atom stereocenters. The average molecular weight is 297 g/mol. The zero-order chi connectivity index (χ0) is 15.1. The molecule has 110 valence electrons. The van der Waals surface area contributed by atoms with Crippen LogP contribution < -0.4 is 5.73 Å².